The molecule has 1 aliphatic rings. The highest BCUT2D eigenvalue weighted by molar-refractivity contribution is 5.05. The summed E-state index contributed by atoms with van der Waals surface area (Å²) in [6, 6.07) is 2.39. The molecule has 2 aromatic rings. The van der Waals surface area contributed by atoms with Crippen molar-refractivity contribution in [3.63, 3.8) is 0 Å². The molecule has 7 heteroatoms. The molecular weight excluding hydrogens is 282 g/mol. The Bertz CT molecular complexity index is 621. The van der Waals surface area contributed by atoms with Gasteiger partial charge in [-0.3, -0.25) is 4.90 Å². The Morgan fingerprint density at radius 3 is 2.95 bits per heavy atom. The van der Waals surface area contributed by atoms with Gasteiger partial charge in [0.1, 0.15) is 18.2 Å². The molecule has 0 bridgehead atoms. The number of aromatic nitrogens is 4. The molecule has 0 spiro atoms. The predicted molar refractivity (Wildman–Crippen MR) is 80.2 cm³/mol. The average molecular weight is 305 g/mol. The molecule has 22 heavy (non-hydrogen) atoms. The van der Waals surface area contributed by atoms with E-state index in [1.807, 2.05) is 19.9 Å². The van der Waals surface area contributed by atoms with E-state index in [9.17, 15) is 0 Å². The Hall–Kier alpha value is -1.73. The SMILES string of the molecule is CCOCc1nnc2n1CCN(Cc1cc(C)on1)[C@@H](C)C2. The molecule has 120 valence electrons. The molecule has 0 fully saturated rings. The van der Waals surface area contributed by atoms with E-state index in [0.717, 1.165) is 49.2 Å². The van der Waals surface area contributed by atoms with Gasteiger partial charge in [0.2, 0.25) is 0 Å². The summed E-state index contributed by atoms with van der Waals surface area (Å²) in [5.41, 5.74) is 0.983. The molecule has 7 nitrogen and oxygen atoms in total. The summed E-state index contributed by atoms with van der Waals surface area (Å²) in [6.07, 6.45) is 0.885. The molecule has 0 saturated carbocycles. The van der Waals surface area contributed by atoms with Crippen LogP contribution in [0.25, 0.3) is 0 Å². The third kappa shape index (κ3) is 3.20. The molecule has 0 saturated heterocycles. The molecule has 0 unspecified atom stereocenters. The van der Waals surface area contributed by atoms with Gasteiger partial charge in [-0.25, -0.2) is 0 Å². The van der Waals surface area contributed by atoms with Gasteiger partial charge in [-0.2, -0.15) is 0 Å². The average Bonchev–Trinajstić information content (AvgIpc) is 3.03. The molecule has 0 aromatic carbocycles. The normalized spacial score (nSPS) is 19.1. The fourth-order valence-corrected chi connectivity index (χ4v) is 2.86. The Morgan fingerprint density at radius 2 is 2.23 bits per heavy atom. The molecule has 1 aliphatic heterocycles. The number of ether oxygens (including phenoxy) is 1. The Labute approximate surface area is 130 Å². The van der Waals surface area contributed by atoms with Gasteiger partial charge in [0, 0.05) is 44.8 Å². The van der Waals surface area contributed by atoms with Gasteiger partial charge in [0.15, 0.2) is 5.82 Å². The quantitative estimate of drug-likeness (QED) is 0.835. The summed E-state index contributed by atoms with van der Waals surface area (Å²) < 4.78 is 12.8. The highest BCUT2D eigenvalue weighted by Crippen LogP contribution is 2.17. The van der Waals surface area contributed by atoms with Crippen LogP contribution in [0.3, 0.4) is 0 Å². The molecule has 2 aromatic heterocycles. The van der Waals surface area contributed by atoms with Crippen molar-refractivity contribution in [2.24, 2.45) is 0 Å². The lowest BCUT2D eigenvalue weighted by Gasteiger charge is -2.25. The van der Waals surface area contributed by atoms with Crippen LogP contribution in [-0.4, -0.2) is 44.0 Å². The fourth-order valence-electron chi connectivity index (χ4n) is 2.86. The summed E-state index contributed by atoms with van der Waals surface area (Å²) in [7, 11) is 0. The van der Waals surface area contributed by atoms with Gasteiger partial charge in [-0.05, 0) is 20.8 Å². The van der Waals surface area contributed by atoms with E-state index in [2.05, 4.69) is 31.7 Å². The van der Waals surface area contributed by atoms with E-state index in [1.165, 1.54) is 0 Å². The minimum absolute atomic E-state index is 0.391. The third-order valence-corrected chi connectivity index (χ3v) is 4.09. The van der Waals surface area contributed by atoms with Crippen molar-refractivity contribution in [1.82, 2.24) is 24.8 Å². The number of fused-ring (bicyclic) bond motifs is 1. The lowest BCUT2D eigenvalue weighted by atomic mass is 10.2. The summed E-state index contributed by atoms with van der Waals surface area (Å²) in [4.78, 5) is 2.41. The van der Waals surface area contributed by atoms with Crippen molar-refractivity contribution < 1.29 is 9.26 Å². The maximum absolute atomic E-state index is 5.48. The molecule has 0 aliphatic carbocycles. The number of aryl methyl sites for hydroxylation is 1. The van der Waals surface area contributed by atoms with E-state index < -0.39 is 0 Å². The van der Waals surface area contributed by atoms with Crippen LogP contribution in [0.15, 0.2) is 10.6 Å². The van der Waals surface area contributed by atoms with Crippen LogP contribution in [-0.2, 0) is 30.9 Å². The van der Waals surface area contributed by atoms with Crippen molar-refractivity contribution in [3.8, 4) is 0 Å². The van der Waals surface area contributed by atoms with Crippen molar-refractivity contribution in [2.45, 2.75) is 52.9 Å². The molecule has 1 atom stereocenters. The van der Waals surface area contributed by atoms with Crippen molar-refractivity contribution in [2.75, 3.05) is 13.2 Å². The zero-order valence-corrected chi connectivity index (χ0v) is 13.4. The standard InChI is InChI=1S/C15H23N5O2/c1-4-21-10-15-17-16-14-7-11(2)19(5-6-20(14)15)9-13-8-12(3)22-18-13/h8,11H,4-7,9-10H2,1-3H3/t11-/m0/s1. The zero-order chi connectivity index (χ0) is 15.5. The fraction of sp³-hybridized carbons (Fsp3) is 0.667. The topological polar surface area (TPSA) is 69.2 Å². The Kier molecular flexibility index (Phi) is 4.54. The lowest BCUT2D eigenvalue weighted by Crippen LogP contribution is -2.34. The van der Waals surface area contributed by atoms with Crippen molar-refractivity contribution >= 4 is 0 Å². The van der Waals surface area contributed by atoms with Crippen LogP contribution in [0, 0.1) is 6.92 Å². The second-order valence-corrected chi connectivity index (χ2v) is 5.77. The number of hydrogen-bond acceptors (Lipinski definition) is 6. The van der Waals surface area contributed by atoms with E-state index in [-0.39, 0.29) is 0 Å². The predicted octanol–water partition coefficient (Wildman–Crippen LogP) is 1.56. The molecule has 0 amide bonds. The third-order valence-electron chi connectivity index (χ3n) is 4.09. The first kappa shape index (κ1) is 15.2. The van der Waals surface area contributed by atoms with E-state index >= 15 is 0 Å². The summed E-state index contributed by atoms with van der Waals surface area (Å²) in [6.45, 7) is 9.98. The number of nitrogens with zero attached hydrogens (tertiary/aromatic N) is 5. The second kappa shape index (κ2) is 6.58. The van der Waals surface area contributed by atoms with Gasteiger partial charge >= 0.3 is 0 Å². The highest BCUT2D eigenvalue weighted by Gasteiger charge is 2.24. The van der Waals surface area contributed by atoms with E-state index in [0.29, 0.717) is 19.3 Å². The lowest BCUT2D eigenvalue weighted by molar-refractivity contribution is 0.124. The van der Waals surface area contributed by atoms with Crippen LogP contribution in [0.5, 0.6) is 0 Å². The largest absolute Gasteiger partial charge is 0.374 e. The highest BCUT2D eigenvalue weighted by atomic mass is 16.5. The van der Waals surface area contributed by atoms with Gasteiger partial charge < -0.3 is 13.8 Å². The van der Waals surface area contributed by atoms with Gasteiger partial charge in [-0.15, -0.1) is 10.2 Å². The monoisotopic (exact) mass is 305 g/mol. The van der Waals surface area contributed by atoms with Crippen LogP contribution in [0.2, 0.25) is 0 Å². The van der Waals surface area contributed by atoms with Crippen LogP contribution < -0.4 is 0 Å². The zero-order valence-electron chi connectivity index (χ0n) is 13.4. The van der Waals surface area contributed by atoms with Crippen molar-refractivity contribution in [3.05, 3.63) is 29.2 Å². The second-order valence-electron chi connectivity index (χ2n) is 5.77. The Morgan fingerprint density at radius 1 is 1.36 bits per heavy atom. The van der Waals surface area contributed by atoms with Crippen LogP contribution >= 0.6 is 0 Å². The molecule has 3 heterocycles. The van der Waals surface area contributed by atoms with Gasteiger partial charge in [-0.1, -0.05) is 5.16 Å². The van der Waals surface area contributed by atoms with Gasteiger partial charge in [0.05, 0.1) is 5.69 Å². The first-order chi connectivity index (χ1) is 10.7. The van der Waals surface area contributed by atoms with Crippen LogP contribution in [0.4, 0.5) is 0 Å². The molecule has 0 N–H and O–H groups in total. The smallest absolute Gasteiger partial charge is 0.159 e. The molecule has 0 radical (unpaired) electrons. The number of rotatable bonds is 5. The first-order valence-electron chi connectivity index (χ1n) is 7.82. The van der Waals surface area contributed by atoms with Crippen LogP contribution in [0.1, 0.15) is 37.0 Å². The van der Waals surface area contributed by atoms with Crippen molar-refractivity contribution in [1.29, 1.82) is 0 Å². The van der Waals surface area contributed by atoms with E-state index in [1.54, 1.807) is 0 Å². The van der Waals surface area contributed by atoms with E-state index in [4.69, 9.17) is 9.26 Å². The molecule has 3 rings (SSSR count). The maximum atomic E-state index is 5.48. The summed E-state index contributed by atoms with van der Waals surface area (Å²) >= 11 is 0. The molecular formula is C15H23N5O2. The maximum Gasteiger partial charge on any atom is 0.159 e. The first-order valence-corrected chi connectivity index (χ1v) is 7.82. The minimum atomic E-state index is 0.391. The number of hydrogen-bond donors (Lipinski definition) is 0. The Balaban J connectivity index is 1.70. The summed E-state index contributed by atoms with van der Waals surface area (Å²) in [5.74, 6) is 2.82. The summed E-state index contributed by atoms with van der Waals surface area (Å²) in [5, 5.41) is 12.7. The minimum Gasteiger partial charge on any atom is -0.374 e. The van der Waals surface area contributed by atoms with Gasteiger partial charge in [0.25, 0.3) is 0 Å².